The van der Waals surface area contributed by atoms with Gasteiger partial charge in [0.05, 0.1) is 13.7 Å². The summed E-state index contributed by atoms with van der Waals surface area (Å²) in [5, 5.41) is 13.9. The van der Waals surface area contributed by atoms with Crippen molar-refractivity contribution in [2.45, 2.75) is 38.8 Å². The predicted octanol–water partition coefficient (Wildman–Crippen LogP) is 4.68. The fourth-order valence-corrected chi connectivity index (χ4v) is 5.40. The fraction of sp³-hybridized carbons (Fsp3) is 0.267. The Bertz CT molecular complexity index is 1640. The van der Waals surface area contributed by atoms with Crippen LogP contribution in [-0.2, 0) is 19.4 Å². The van der Waals surface area contributed by atoms with E-state index in [2.05, 4.69) is 62.7 Å². The molecule has 3 aromatic carbocycles. The van der Waals surface area contributed by atoms with Gasteiger partial charge in [-0.15, -0.1) is 5.10 Å². The van der Waals surface area contributed by atoms with Crippen LogP contribution in [-0.4, -0.2) is 38.8 Å². The van der Waals surface area contributed by atoms with Crippen LogP contribution in [0.15, 0.2) is 77.6 Å². The topological polar surface area (TPSA) is 88.9 Å². The highest BCUT2D eigenvalue weighted by Gasteiger charge is 2.33. The number of ether oxygens (including phenoxy) is 1. The number of para-hydroxylation sites is 1. The van der Waals surface area contributed by atoms with Gasteiger partial charge in [-0.05, 0) is 88.2 Å². The average molecular weight is 507 g/mol. The number of tetrazole rings is 1. The highest BCUT2D eigenvalue weighted by molar-refractivity contribution is 5.80. The van der Waals surface area contributed by atoms with Crippen molar-refractivity contribution in [3.05, 3.63) is 111 Å². The standard InChI is InChI=1S/C30H30N6O2/c1-3-20-12-15-26-23(17-20)18-25(30(37)31-26)28(35-16-6-8-22-7-4-5-9-27(22)35)29-32-33-34-36(29)19-21-10-13-24(38-2)14-11-21/h4-5,7,9-15,17-18,28H,3,6,8,16,19H2,1-2H3,(H,31,37). The van der Waals surface area contributed by atoms with Crippen LogP contribution in [0.4, 0.5) is 5.69 Å². The number of fused-ring (bicyclic) bond motifs is 2. The van der Waals surface area contributed by atoms with E-state index in [9.17, 15) is 4.79 Å². The molecule has 0 amide bonds. The lowest BCUT2D eigenvalue weighted by atomic mass is 9.96. The summed E-state index contributed by atoms with van der Waals surface area (Å²) in [4.78, 5) is 19.1. The van der Waals surface area contributed by atoms with Crippen molar-refractivity contribution in [1.29, 1.82) is 0 Å². The first-order valence-corrected chi connectivity index (χ1v) is 13.0. The second-order valence-electron chi connectivity index (χ2n) is 9.70. The first-order chi connectivity index (χ1) is 18.6. The minimum atomic E-state index is -0.455. The molecule has 2 aromatic heterocycles. The van der Waals surface area contributed by atoms with E-state index in [0.29, 0.717) is 17.9 Å². The van der Waals surface area contributed by atoms with Gasteiger partial charge in [0, 0.05) is 23.3 Å². The normalized spacial score (nSPS) is 13.9. The number of methoxy groups -OCH3 is 1. The number of hydrogen-bond donors (Lipinski definition) is 1. The van der Waals surface area contributed by atoms with E-state index < -0.39 is 6.04 Å². The van der Waals surface area contributed by atoms with Crippen LogP contribution in [0.5, 0.6) is 5.75 Å². The van der Waals surface area contributed by atoms with Crippen LogP contribution < -0.4 is 15.2 Å². The van der Waals surface area contributed by atoms with Crippen LogP contribution in [0.25, 0.3) is 10.9 Å². The summed E-state index contributed by atoms with van der Waals surface area (Å²) in [6.07, 6.45) is 2.91. The Balaban J connectivity index is 1.51. The average Bonchev–Trinajstić information content (AvgIpc) is 3.41. The molecule has 0 saturated heterocycles. The van der Waals surface area contributed by atoms with Gasteiger partial charge < -0.3 is 14.6 Å². The number of aromatic amines is 1. The molecule has 1 unspecified atom stereocenters. The van der Waals surface area contributed by atoms with E-state index in [1.807, 2.05) is 42.5 Å². The van der Waals surface area contributed by atoms with E-state index in [0.717, 1.165) is 53.7 Å². The second kappa shape index (κ2) is 10.1. The number of hydrogen-bond acceptors (Lipinski definition) is 6. The lowest BCUT2D eigenvalue weighted by Gasteiger charge is -2.37. The Morgan fingerprint density at radius 1 is 1.03 bits per heavy atom. The molecule has 0 radical (unpaired) electrons. The number of anilines is 1. The molecule has 1 atom stereocenters. The van der Waals surface area contributed by atoms with Crippen LogP contribution in [0.3, 0.4) is 0 Å². The largest absolute Gasteiger partial charge is 0.497 e. The van der Waals surface area contributed by atoms with Crippen molar-refractivity contribution >= 4 is 16.6 Å². The molecule has 5 aromatic rings. The summed E-state index contributed by atoms with van der Waals surface area (Å²) in [5.41, 5.74) is 5.97. The van der Waals surface area contributed by atoms with Crippen LogP contribution in [0, 0.1) is 0 Å². The van der Waals surface area contributed by atoms with Crippen LogP contribution in [0.1, 0.15) is 47.5 Å². The Hall–Kier alpha value is -4.46. The summed E-state index contributed by atoms with van der Waals surface area (Å²) in [5.74, 6) is 1.43. The molecule has 8 heteroatoms. The summed E-state index contributed by atoms with van der Waals surface area (Å²) < 4.78 is 7.11. The second-order valence-corrected chi connectivity index (χ2v) is 9.70. The molecule has 38 heavy (non-hydrogen) atoms. The molecule has 1 aliphatic rings. The predicted molar refractivity (Wildman–Crippen MR) is 148 cm³/mol. The van der Waals surface area contributed by atoms with Gasteiger partial charge in [0.1, 0.15) is 11.8 Å². The van der Waals surface area contributed by atoms with Gasteiger partial charge in [-0.2, -0.15) is 0 Å². The molecule has 1 N–H and O–H groups in total. The molecule has 6 rings (SSSR count). The maximum absolute atomic E-state index is 13.6. The summed E-state index contributed by atoms with van der Waals surface area (Å²) in [7, 11) is 1.65. The van der Waals surface area contributed by atoms with Crippen LogP contribution in [0.2, 0.25) is 0 Å². The number of nitrogens with zero attached hydrogens (tertiary/aromatic N) is 5. The van der Waals surface area contributed by atoms with Crippen molar-refractivity contribution in [2.75, 3.05) is 18.6 Å². The lowest BCUT2D eigenvalue weighted by Crippen LogP contribution is -2.38. The highest BCUT2D eigenvalue weighted by Crippen LogP contribution is 2.36. The molecule has 0 fully saturated rings. The van der Waals surface area contributed by atoms with Gasteiger partial charge >= 0.3 is 0 Å². The molecule has 192 valence electrons. The zero-order chi connectivity index (χ0) is 26.1. The van der Waals surface area contributed by atoms with Gasteiger partial charge in [0.15, 0.2) is 5.82 Å². The number of benzene rings is 3. The maximum Gasteiger partial charge on any atom is 0.254 e. The van der Waals surface area contributed by atoms with E-state index >= 15 is 0 Å². The number of nitrogens with one attached hydrogen (secondary N) is 1. The molecule has 1 aliphatic heterocycles. The Morgan fingerprint density at radius 2 is 1.84 bits per heavy atom. The minimum absolute atomic E-state index is 0.131. The molecule has 3 heterocycles. The van der Waals surface area contributed by atoms with Gasteiger partial charge in [0.25, 0.3) is 5.56 Å². The first-order valence-electron chi connectivity index (χ1n) is 13.0. The number of aromatic nitrogens is 5. The Morgan fingerprint density at radius 3 is 2.66 bits per heavy atom. The summed E-state index contributed by atoms with van der Waals surface area (Å²) in [6.45, 7) is 3.40. The molecule has 0 aliphatic carbocycles. The van der Waals surface area contributed by atoms with E-state index in [4.69, 9.17) is 4.74 Å². The number of pyridine rings is 1. The minimum Gasteiger partial charge on any atom is -0.497 e. The first kappa shape index (κ1) is 23.9. The van der Waals surface area contributed by atoms with Crippen molar-refractivity contribution in [3.63, 3.8) is 0 Å². The smallest absolute Gasteiger partial charge is 0.254 e. The van der Waals surface area contributed by atoms with Gasteiger partial charge in [-0.25, -0.2) is 4.68 Å². The summed E-state index contributed by atoms with van der Waals surface area (Å²) >= 11 is 0. The summed E-state index contributed by atoms with van der Waals surface area (Å²) in [6, 6.07) is 24.0. The van der Waals surface area contributed by atoms with E-state index in [1.165, 1.54) is 11.1 Å². The lowest BCUT2D eigenvalue weighted by molar-refractivity contribution is 0.414. The molecule has 0 spiro atoms. The number of aryl methyl sites for hydroxylation is 2. The Kier molecular flexibility index (Phi) is 6.37. The molecule has 0 saturated carbocycles. The fourth-order valence-electron chi connectivity index (χ4n) is 5.40. The highest BCUT2D eigenvalue weighted by atomic mass is 16.5. The van der Waals surface area contributed by atoms with Crippen molar-refractivity contribution in [1.82, 2.24) is 25.2 Å². The zero-order valence-corrected chi connectivity index (χ0v) is 21.6. The van der Waals surface area contributed by atoms with Crippen molar-refractivity contribution in [3.8, 4) is 5.75 Å². The van der Waals surface area contributed by atoms with E-state index in [-0.39, 0.29) is 5.56 Å². The molecular formula is C30H30N6O2. The quantitative estimate of drug-likeness (QED) is 0.345. The molecule has 0 bridgehead atoms. The third-order valence-corrected chi connectivity index (χ3v) is 7.39. The monoisotopic (exact) mass is 506 g/mol. The molecule has 8 nitrogen and oxygen atoms in total. The SMILES string of the molecule is CCc1ccc2[nH]c(=O)c(C(c3nnnn3Cc3ccc(OC)cc3)N3CCCc4ccccc43)cc2c1. The number of rotatable bonds is 7. The third-order valence-electron chi connectivity index (χ3n) is 7.39. The van der Waals surface area contributed by atoms with Gasteiger partial charge in [-0.1, -0.05) is 43.3 Å². The third kappa shape index (κ3) is 4.42. The van der Waals surface area contributed by atoms with Gasteiger partial charge in [0.2, 0.25) is 0 Å². The maximum atomic E-state index is 13.6. The van der Waals surface area contributed by atoms with Crippen molar-refractivity contribution in [2.24, 2.45) is 0 Å². The van der Waals surface area contributed by atoms with Gasteiger partial charge in [-0.3, -0.25) is 4.79 Å². The Labute approximate surface area is 220 Å². The van der Waals surface area contributed by atoms with Crippen LogP contribution >= 0.6 is 0 Å². The van der Waals surface area contributed by atoms with E-state index in [1.54, 1.807) is 11.8 Å². The van der Waals surface area contributed by atoms with Crippen molar-refractivity contribution < 1.29 is 4.74 Å². The zero-order valence-electron chi connectivity index (χ0n) is 21.6. The number of H-pyrrole nitrogens is 1. The molecular weight excluding hydrogens is 476 g/mol.